The lowest BCUT2D eigenvalue weighted by Gasteiger charge is -2.34. The summed E-state index contributed by atoms with van der Waals surface area (Å²) >= 11 is 0. The molecule has 1 N–H and O–H groups in total. The smallest absolute Gasteiger partial charge is 0.0396 e. The summed E-state index contributed by atoms with van der Waals surface area (Å²) in [5.74, 6) is 0. The molecule has 0 aliphatic carbocycles. The Morgan fingerprint density at radius 1 is 1.26 bits per heavy atom. The Morgan fingerprint density at radius 3 is 2.68 bits per heavy atom. The van der Waals surface area contributed by atoms with E-state index in [0.29, 0.717) is 6.04 Å². The van der Waals surface area contributed by atoms with Crippen molar-refractivity contribution in [2.45, 2.75) is 26.8 Å². The van der Waals surface area contributed by atoms with E-state index in [1.54, 1.807) is 0 Å². The Kier molecular flexibility index (Phi) is 4.48. The van der Waals surface area contributed by atoms with Crippen LogP contribution < -0.4 is 10.2 Å². The molecule has 0 spiro atoms. The van der Waals surface area contributed by atoms with E-state index in [2.05, 4.69) is 62.1 Å². The number of hydrogen-bond donors (Lipinski definition) is 1. The van der Waals surface area contributed by atoms with Gasteiger partial charge in [0.2, 0.25) is 0 Å². The van der Waals surface area contributed by atoms with Gasteiger partial charge in [0.1, 0.15) is 0 Å². The first-order chi connectivity index (χ1) is 8.99. The Balaban J connectivity index is 2.07. The van der Waals surface area contributed by atoms with Gasteiger partial charge in [-0.15, -0.1) is 0 Å². The Labute approximate surface area is 117 Å². The van der Waals surface area contributed by atoms with Crippen molar-refractivity contribution in [2.75, 3.05) is 45.2 Å². The third-order valence-corrected chi connectivity index (χ3v) is 4.39. The molecule has 2 rings (SSSR count). The summed E-state index contributed by atoms with van der Waals surface area (Å²) in [4.78, 5) is 4.79. The SMILES string of the molecule is Cc1ccc(N(C)CC2CN(C)CCN2)c(C)c1C. The number of aryl methyl sites for hydroxylation is 1. The van der Waals surface area contributed by atoms with Crippen LogP contribution >= 0.6 is 0 Å². The number of anilines is 1. The van der Waals surface area contributed by atoms with Crippen LogP contribution in [0.25, 0.3) is 0 Å². The minimum Gasteiger partial charge on any atom is -0.373 e. The molecule has 1 aliphatic rings. The average Bonchev–Trinajstić information content (AvgIpc) is 2.36. The molecule has 1 heterocycles. The summed E-state index contributed by atoms with van der Waals surface area (Å²) < 4.78 is 0. The molecular weight excluding hydrogens is 234 g/mol. The van der Waals surface area contributed by atoms with Crippen molar-refractivity contribution < 1.29 is 0 Å². The molecule has 0 radical (unpaired) electrons. The molecule has 1 atom stereocenters. The summed E-state index contributed by atoms with van der Waals surface area (Å²) in [7, 11) is 4.41. The lowest BCUT2D eigenvalue weighted by atomic mass is 10.0. The molecule has 3 heteroatoms. The standard InChI is InChI=1S/C16H27N3/c1-12-6-7-16(14(3)13(12)2)19(5)11-15-10-18(4)9-8-17-15/h6-7,15,17H,8-11H2,1-5H3. The quantitative estimate of drug-likeness (QED) is 0.897. The topological polar surface area (TPSA) is 18.5 Å². The molecule has 1 fully saturated rings. The highest BCUT2D eigenvalue weighted by molar-refractivity contribution is 5.57. The van der Waals surface area contributed by atoms with Gasteiger partial charge >= 0.3 is 0 Å². The van der Waals surface area contributed by atoms with Crippen LogP contribution in [0.5, 0.6) is 0 Å². The molecule has 1 aromatic rings. The fraction of sp³-hybridized carbons (Fsp3) is 0.625. The van der Waals surface area contributed by atoms with Crippen LogP contribution in [0.3, 0.4) is 0 Å². The van der Waals surface area contributed by atoms with Gasteiger partial charge in [0, 0.05) is 45.0 Å². The molecule has 1 aromatic carbocycles. The number of likely N-dealkylation sites (N-methyl/N-ethyl adjacent to an activating group) is 2. The van der Waals surface area contributed by atoms with E-state index in [1.165, 1.54) is 22.4 Å². The van der Waals surface area contributed by atoms with E-state index in [0.717, 1.165) is 26.2 Å². The van der Waals surface area contributed by atoms with Crippen LogP contribution in [-0.4, -0.2) is 51.2 Å². The third kappa shape index (κ3) is 3.28. The zero-order valence-corrected chi connectivity index (χ0v) is 13.0. The molecule has 1 aliphatic heterocycles. The molecule has 0 amide bonds. The maximum absolute atomic E-state index is 3.61. The van der Waals surface area contributed by atoms with Crippen LogP contribution in [0.2, 0.25) is 0 Å². The molecule has 3 nitrogen and oxygen atoms in total. The fourth-order valence-electron chi connectivity index (χ4n) is 2.90. The first-order valence-corrected chi connectivity index (χ1v) is 7.19. The highest BCUT2D eigenvalue weighted by Gasteiger charge is 2.19. The largest absolute Gasteiger partial charge is 0.373 e. The van der Waals surface area contributed by atoms with Crippen LogP contribution in [0, 0.1) is 20.8 Å². The van der Waals surface area contributed by atoms with E-state index in [1.807, 2.05) is 0 Å². The van der Waals surface area contributed by atoms with Crippen LogP contribution in [0.4, 0.5) is 5.69 Å². The van der Waals surface area contributed by atoms with E-state index in [4.69, 9.17) is 0 Å². The summed E-state index contributed by atoms with van der Waals surface area (Å²) in [6.07, 6.45) is 0. The van der Waals surface area contributed by atoms with Crippen molar-refractivity contribution in [3.8, 4) is 0 Å². The Bertz CT molecular complexity index is 442. The Morgan fingerprint density at radius 2 is 2.00 bits per heavy atom. The minimum atomic E-state index is 0.560. The maximum atomic E-state index is 3.61. The van der Waals surface area contributed by atoms with Crippen molar-refractivity contribution in [3.63, 3.8) is 0 Å². The van der Waals surface area contributed by atoms with Crippen molar-refractivity contribution >= 4 is 5.69 Å². The molecule has 1 saturated heterocycles. The van der Waals surface area contributed by atoms with Crippen LogP contribution in [0.15, 0.2) is 12.1 Å². The van der Waals surface area contributed by atoms with Crippen LogP contribution in [-0.2, 0) is 0 Å². The molecule has 0 aromatic heterocycles. The number of rotatable bonds is 3. The number of benzene rings is 1. The van der Waals surface area contributed by atoms with Crippen molar-refractivity contribution in [1.82, 2.24) is 10.2 Å². The van der Waals surface area contributed by atoms with Gasteiger partial charge in [-0.25, -0.2) is 0 Å². The van der Waals surface area contributed by atoms with Crippen molar-refractivity contribution in [2.24, 2.45) is 0 Å². The normalized spacial score (nSPS) is 20.6. The predicted molar refractivity (Wildman–Crippen MR) is 83.2 cm³/mol. The van der Waals surface area contributed by atoms with Gasteiger partial charge in [-0.1, -0.05) is 6.07 Å². The number of piperazine rings is 1. The summed E-state index contributed by atoms with van der Waals surface area (Å²) in [6, 6.07) is 5.04. The second-order valence-corrected chi connectivity index (χ2v) is 5.95. The molecule has 19 heavy (non-hydrogen) atoms. The number of nitrogens with zero attached hydrogens (tertiary/aromatic N) is 2. The van der Waals surface area contributed by atoms with E-state index in [9.17, 15) is 0 Å². The first-order valence-electron chi connectivity index (χ1n) is 7.19. The van der Waals surface area contributed by atoms with Gasteiger partial charge in [0.15, 0.2) is 0 Å². The highest BCUT2D eigenvalue weighted by atomic mass is 15.2. The van der Waals surface area contributed by atoms with Gasteiger partial charge in [0.25, 0.3) is 0 Å². The lowest BCUT2D eigenvalue weighted by Crippen LogP contribution is -2.53. The zero-order valence-electron chi connectivity index (χ0n) is 13.0. The van der Waals surface area contributed by atoms with Crippen molar-refractivity contribution in [3.05, 3.63) is 28.8 Å². The first kappa shape index (κ1) is 14.4. The van der Waals surface area contributed by atoms with E-state index < -0.39 is 0 Å². The predicted octanol–water partition coefficient (Wildman–Crippen LogP) is 1.95. The third-order valence-electron chi connectivity index (χ3n) is 4.39. The van der Waals surface area contributed by atoms with E-state index in [-0.39, 0.29) is 0 Å². The van der Waals surface area contributed by atoms with E-state index >= 15 is 0 Å². The number of nitrogens with one attached hydrogen (secondary N) is 1. The van der Waals surface area contributed by atoms with Gasteiger partial charge in [-0.05, 0) is 50.6 Å². The van der Waals surface area contributed by atoms with Crippen LogP contribution in [0.1, 0.15) is 16.7 Å². The molecule has 1 unspecified atom stereocenters. The molecule has 0 saturated carbocycles. The molecule has 106 valence electrons. The Hall–Kier alpha value is -1.06. The average molecular weight is 261 g/mol. The summed E-state index contributed by atoms with van der Waals surface area (Å²) in [5.41, 5.74) is 5.56. The summed E-state index contributed by atoms with van der Waals surface area (Å²) in [6.45, 7) is 11.1. The zero-order chi connectivity index (χ0) is 14.0. The maximum Gasteiger partial charge on any atom is 0.0396 e. The fourth-order valence-corrected chi connectivity index (χ4v) is 2.90. The highest BCUT2D eigenvalue weighted by Crippen LogP contribution is 2.24. The minimum absolute atomic E-state index is 0.560. The monoisotopic (exact) mass is 261 g/mol. The van der Waals surface area contributed by atoms with Gasteiger partial charge < -0.3 is 15.1 Å². The molecule has 0 bridgehead atoms. The van der Waals surface area contributed by atoms with Gasteiger partial charge in [-0.3, -0.25) is 0 Å². The lowest BCUT2D eigenvalue weighted by molar-refractivity contribution is 0.241. The van der Waals surface area contributed by atoms with Gasteiger partial charge in [0.05, 0.1) is 0 Å². The second kappa shape index (κ2) is 5.93. The van der Waals surface area contributed by atoms with Gasteiger partial charge in [-0.2, -0.15) is 0 Å². The van der Waals surface area contributed by atoms with Crippen molar-refractivity contribution in [1.29, 1.82) is 0 Å². The second-order valence-electron chi connectivity index (χ2n) is 5.95. The molecular formula is C16H27N3. The summed E-state index contributed by atoms with van der Waals surface area (Å²) in [5, 5.41) is 3.61. The number of hydrogen-bond acceptors (Lipinski definition) is 3.